The van der Waals surface area contributed by atoms with Crippen molar-refractivity contribution in [1.29, 1.82) is 0 Å². The normalized spacial score (nSPS) is 13.2. The zero-order chi connectivity index (χ0) is 22.0. The Bertz CT molecular complexity index is 1100. The largest absolute Gasteiger partial charge is 0.311 e. The van der Waals surface area contributed by atoms with E-state index in [9.17, 15) is 9.59 Å². The second kappa shape index (κ2) is 8.46. The van der Waals surface area contributed by atoms with Crippen LogP contribution < -0.4 is 4.90 Å². The van der Waals surface area contributed by atoms with Crippen LogP contribution in [0.25, 0.3) is 11.1 Å². The predicted octanol–water partition coefficient (Wildman–Crippen LogP) is 5.50. The van der Waals surface area contributed by atoms with E-state index in [-0.39, 0.29) is 17.1 Å². The molecule has 2 aromatic carbocycles. The topological polar surface area (TPSA) is 50.3 Å². The smallest absolute Gasteiger partial charge is 0.232 e. The molecule has 0 spiro atoms. The van der Waals surface area contributed by atoms with Crippen LogP contribution in [-0.2, 0) is 17.6 Å². The Hall–Kier alpha value is -3.27. The van der Waals surface area contributed by atoms with Crippen molar-refractivity contribution in [3.8, 4) is 11.1 Å². The minimum absolute atomic E-state index is 0.140. The highest BCUT2D eigenvalue weighted by Crippen LogP contribution is 2.35. The average Bonchev–Trinajstić information content (AvgIpc) is 3.20. The summed E-state index contributed by atoms with van der Waals surface area (Å²) in [7, 11) is 0. The number of hydrogen-bond donors (Lipinski definition) is 0. The van der Waals surface area contributed by atoms with Gasteiger partial charge in [-0.1, -0.05) is 57.2 Å². The van der Waals surface area contributed by atoms with Gasteiger partial charge in [-0.25, -0.2) is 0 Å². The van der Waals surface area contributed by atoms with E-state index in [1.165, 1.54) is 5.56 Å². The number of ketones is 1. The highest BCUT2D eigenvalue weighted by molar-refractivity contribution is 5.99. The zero-order valence-electron chi connectivity index (χ0n) is 18.4. The first kappa shape index (κ1) is 21.0. The summed E-state index contributed by atoms with van der Waals surface area (Å²) in [6.45, 7) is 6.61. The van der Waals surface area contributed by atoms with Crippen LogP contribution in [0.4, 0.5) is 5.69 Å². The molecule has 3 aromatic rings. The van der Waals surface area contributed by atoms with E-state index in [1.54, 1.807) is 12.4 Å². The van der Waals surface area contributed by atoms with Gasteiger partial charge in [0.2, 0.25) is 5.91 Å². The van der Waals surface area contributed by atoms with Gasteiger partial charge >= 0.3 is 0 Å². The van der Waals surface area contributed by atoms with E-state index in [0.29, 0.717) is 12.8 Å². The number of carbonyl (C=O) groups is 2. The van der Waals surface area contributed by atoms with Gasteiger partial charge in [0, 0.05) is 42.0 Å². The van der Waals surface area contributed by atoms with Crippen LogP contribution in [0.15, 0.2) is 67.0 Å². The number of pyridine rings is 1. The molecule has 2 heterocycles. The molecule has 1 aliphatic rings. The number of hydrogen-bond acceptors (Lipinski definition) is 3. The summed E-state index contributed by atoms with van der Waals surface area (Å²) in [5, 5.41) is 0. The molecule has 4 rings (SSSR count). The maximum absolute atomic E-state index is 12.7. The predicted molar refractivity (Wildman–Crippen MR) is 124 cm³/mol. The van der Waals surface area contributed by atoms with Crippen LogP contribution in [0.3, 0.4) is 0 Å². The summed E-state index contributed by atoms with van der Waals surface area (Å²) in [6, 6.07) is 18.0. The number of amides is 1. The number of anilines is 1. The van der Waals surface area contributed by atoms with Gasteiger partial charge in [-0.05, 0) is 53.3 Å². The van der Waals surface area contributed by atoms with Crippen molar-refractivity contribution < 1.29 is 9.59 Å². The number of carbonyl (C=O) groups excluding carboxylic acids is 2. The molecule has 158 valence electrons. The fourth-order valence-electron chi connectivity index (χ4n) is 3.99. The number of rotatable bonds is 5. The van der Waals surface area contributed by atoms with Crippen molar-refractivity contribution in [2.45, 2.75) is 40.0 Å². The van der Waals surface area contributed by atoms with Gasteiger partial charge in [0.05, 0.1) is 0 Å². The molecule has 0 unspecified atom stereocenters. The number of fused-ring (bicyclic) bond motifs is 1. The Balaban J connectivity index is 1.46. The van der Waals surface area contributed by atoms with E-state index < -0.39 is 0 Å². The molecule has 1 aromatic heterocycles. The molecule has 4 nitrogen and oxygen atoms in total. The summed E-state index contributed by atoms with van der Waals surface area (Å²) >= 11 is 0. The van der Waals surface area contributed by atoms with Crippen LogP contribution in [-0.4, -0.2) is 23.2 Å². The average molecular weight is 413 g/mol. The maximum Gasteiger partial charge on any atom is 0.232 e. The van der Waals surface area contributed by atoms with E-state index in [2.05, 4.69) is 17.1 Å². The fraction of sp³-hybridized carbons (Fsp3) is 0.296. The number of Topliss-reactive ketones (excluding diaryl/α,β-unsaturated/α-hetero) is 1. The van der Waals surface area contributed by atoms with Crippen molar-refractivity contribution in [2.75, 3.05) is 11.4 Å². The number of benzene rings is 2. The van der Waals surface area contributed by atoms with Crippen molar-refractivity contribution in [2.24, 2.45) is 5.41 Å². The second-order valence-electron chi connectivity index (χ2n) is 9.16. The van der Waals surface area contributed by atoms with Crippen LogP contribution >= 0.6 is 0 Å². The summed E-state index contributed by atoms with van der Waals surface area (Å²) in [6.07, 6.45) is 5.59. The molecule has 1 amide bonds. The van der Waals surface area contributed by atoms with Gasteiger partial charge < -0.3 is 4.90 Å². The first-order valence-corrected chi connectivity index (χ1v) is 10.8. The molecule has 0 fully saturated rings. The fourth-order valence-corrected chi connectivity index (χ4v) is 3.99. The molecule has 31 heavy (non-hydrogen) atoms. The Kier molecular flexibility index (Phi) is 5.73. The molecule has 0 N–H and O–H groups in total. The number of aryl methyl sites for hydroxylation is 1. The third kappa shape index (κ3) is 4.58. The van der Waals surface area contributed by atoms with Crippen LogP contribution in [0.2, 0.25) is 0 Å². The quantitative estimate of drug-likeness (QED) is 0.520. The summed E-state index contributed by atoms with van der Waals surface area (Å²) < 4.78 is 0. The Labute approximate surface area is 183 Å². The summed E-state index contributed by atoms with van der Waals surface area (Å²) in [5.41, 5.74) is 5.82. The molecular formula is C27H28N2O2. The van der Waals surface area contributed by atoms with Crippen LogP contribution in [0, 0.1) is 5.41 Å². The zero-order valence-corrected chi connectivity index (χ0v) is 18.4. The van der Waals surface area contributed by atoms with Crippen molar-refractivity contribution in [3.63, 3.8) is 0 Å². The number of aromatic nitrogens is 1. The first-order valence-electron chi connectivity index (χ1n) is 10.8. The standard InChI is InChI=1S/C27H28N2O2/c1-27(2,3)26(31)29-16-14-23-17-22(11-12-24(23)29)20-7-9-21(10-8-20)25(30)13-6-19-5-4-15-28-18-19/h4-5,7-12,15,17-18H,6,13-14,16H2,1-3H3. The molecule has 1 aliphatic heterocycles. The molecule has 0 bridgehead atoms. The summed E-state index contributed by atoms with van der Waals surface area (Å²) in [5.74, 6) is 0.300. The van der Waals surface area contributed by atoms with E-state index in [4.69, 9.17) is 0 Å². The number of nitrogens with zero attached hydrogens (tertiary/aromatic N) is 2. The molecule has 0 saturated heterocycles. The van der Waals surface area contributed by atoms with Crippen molar-refractivity contribution in [1.82, 2.24) is 4.98 Å². The van der Waals surface area contributed by atoms with Gasteiger partial charge in [-0.15, -0.1) is 0 Å². The SMILES string of the molecule is CC(C)(C)C(=O)N1CCc2cc(-c3ccc(C(=O)CCc4cccnc4)cc3)ccc21. The molecule has 0 atom stereocenters. The third-order valence-electron chi connectivity index (χ3n) is 5.77. The van der Waals surface area contributed by atoms with Crippen molar-refractivity contribution >= 4 is 17.4 Å². The third-order valence-corrected chi connectivity index (χ3v) is 5.77. The molecule has 4 heteroatoms. The lowest BCUT2D eigenvalue weighted by Crippen LogP contribution is -2.38. The Morgan fingerprint density at radius 3 is 2.42 bits per heavy atom. The Morgan fingerprint density at radius 2 is 1.74 bits per heavy atom. The minimum atomic E-state index is -0.389. The summed E-state index contributed by atoms with van der Waals surface area (Å²) in [4.78, 5) is 31.3. The molecule has 0 aliphatic carbocycles. The minimum Gasteiger partial charge on any atom is -0.311 e. The second-order valence-corrected chi connectivity index (χ2v) is 9.16. The van der Waals surface area contributed by atoms with Gasteiger partial charge in [0.1, 0.15) is 0 Å². The van der Waals surface area contributed by atoms with Gasteiger partial charge in [-0.2, -0.15) is 0 Å². The van der Waals surface area contributed by atoms with Gasteiger partial charge in [0.25, 0.3) is 0 Å². The molecule has 0 radical (unpaired) electrons. The van der Waals surface area contributed by atoms with E-state index in [1.807, 2.05) is 68.1 Å². The lowest BCUT2D eigenvalue weighted by Gasteiger charge is -2.26. The highest BCUT2D eigenvalue weighted by Gasteiger charge is 2.32. The van der Waals surface area contributed by atoms with Crippen molar-refractivity contribution in [3.05, 3.63) is 83.7 Å². The lowest BCUT2D eigenvalue weighted by molar-refractivity contribution is -0.125. The molecular weight excluding hydrogens is 384 g/mol. The van der Waals surface area contributed by atoms with Gasteiger partial charge in [-0.3, -0.25) is 14.6 Å². The van der Waals surface area contributed by atoms with E-state index in [0.717, 1.165) is 40.9 Å². The maximum atomic E-state index is 12.7. The van der Waals surface area contributed by atoms with Gasteiger partial charge in [0.15, 0.2) is 5.78 Å². The van der Waals surface area contributed by atoms with E-state index >= 15 is 0 Å². The first-order chi connectivity index (χ1) is 14.8. The van der Waals surface area contributed by atoms with Crippen LogP contribution in [0.1, 0.15) is 48.7 Å². The molecule has 0 saturated carbocycles. The monoisotopic (exact) mass is 412 g/mol. The highest BCUT2D eigenvalue weighted by atomic mass is 16.2. The Morgan fingerprint density at radius 1 is 1.00 bits per heavy atom. The lowest BCUT2D eigenvalue weighted by atomic mass is 9.94. The van der Waals surface area contributed by atoms with Crippen LogP contribution in [0.5, 0.6) is 0 Å².